The Morgan fingerprint density at radius 3 is 2.76 bits per heavy atom. The molecule has 1 aromatic heterocycles. The molecule has 0 amide bonds. The van der Waals surface area contributed by atoms with Crippen LogP contribution in [0.15, 0.2) is 15.7 Å². The molecule has 0 aliphatic heterocycles. The summed E-state index contributed by atoms with van der Waals surface area (Å²) in [6.07, 6.45) is 6.00. The van der Waals surface area contributed by atoms with E-state index in [0.717, 1.165) is 30.9 Å². The van der Waals surface area contributed by atoms with Gasteiger partial charge in [0.15, 0.2) is 0 Å². The van der Waals surface area contributed by atoms with Gasteiger partial charge in [0.1, 0.15) is 4.21 Å². The summed E-state index contributed by atoms with van der Waals surface area (Å²) in [6.45, 7) is 3.60. The lowest BCUT2D eigenvalue weighted by molar-refractivity contribution is 0.499. The van der Waals surface area contributed by atoms with Crippen molar-refractivity contribution < 1.29 is 8.42 Å². The minimum atomic E-state index is -3.33. The molecule has 0 spiro atoms. The Morgan fingerprint density at radius 1 is 1.29 bits per heavy atom. The number of nitrogens with one attached hydrogen (secondary N) is 2. The molecule has 2 atom stereocenters. The van der Waals surface area contributed by atoms with E-state index >= 15 is 0 Å². The SMILES string of the molecule is CC1CCC(CNS(=O)(=O)c2cc(CNC3CC3)cs2)C1. The zero-order chi connectivity index (χ0) is 14.9. The lowest BCUT2D eigenvalue weighted by Gasteiger charge is -2.10. The van der Waals surface area contributed by atoms with Gasteiger partial charge in [0, 0.05) is 19.1 Å². The maximum absolute atomic E-state index is 12.3. The second-order valence-corrected chi connectivity index (χ2v) is 9.47. The molecule has 6 heteroatoms. The first-order valence-corrected chi connectivity index (χ1v) is 10.2. The Balaban J connectivity index is 1.53. The van der Waals surface area contributed by atoms with Crippen LogP contribution in [0.25, 0.3) is 0 Å². The van der Waals surface area contributed by atoms with Crippen molar-refractivity contribution in [1.82, 2.24) is 10.0 Å². The van der Waals surface area contributed by atoms with E-state index < -0.39 is 10.0 Å². The van der Waals surface area contributed by atoms with Crippen LogP contribution in [0.5, 0.6) is 0 Å². The molecule has 2 saturated carbocycles. The number of hydrogen-bond donors (Lipinski definition) is 2. The molecule has 0 bridgehead atoms. The first-order valence-electron chi connectivity index (χ1n) is 7.83. The van der Waals surface area contributed by atoms with Crippen LogP contribution in [0.3, 0.4) is 0 Å². The third kappa shape index (κ3) is 4.28. The molecule has 1 aromatic rings. The van der Waals surface area contributed by atoms with Crippen molar-refractivity contribution >= 4 is 21.4 Å². The quantitative estimate of drug-likeness (QED) is 0.809. The number of thiophene rings is 1. The van der Waals surface area contributed by atoms with Crippen molar-refractivity contribution in [3.05, 3.63) is 17.0 Å². The summed E-state index contributed by atoms with van der Waals surface area (Å²) in [5.74, 6) is 1.24. The summed E-state index contributed by atoms with van der Waals surface area (Å²) < 4.78 is 27.9. The monoisotopic (exact) mass is 328 g/mol. The molecule has 118 valence electrons. The predicted octanol–water partition coefficient (Wildman–Crippen LogP) is 2.71. The summed E-state index contributed by atoms with van der Waals surface area (Å²) in [5.41, 5.74) is 1.07. The molecule has 2 fully saturated rings. The van der Waals surface area contributed by atoms with Gasteiger partial charge in [-0.1, -0.05) is 13.3 Å². The second kappa shape index (κ2) is 6.36. The van der Waals surface area contributed by atoms with Crippen LogP contribution < -0.4 is 10.0 Å². The highest BCUT2D eigenvalue weighted by atomic mass is 32.2. The predicted molar refractivity (Wildman–Crippen MR) is 85.9 cm³/mol. The van der Waals surface area contributed by atoms with Crippen molar-refractivity contribution in [2.75, 3.05) is 6.54 Å². The first-order chi connectivity index (χ1) is 10.0. The van der Waals surface area contributed by atoms with Gasteiger partial charge in [-0.05, 0) is 54.5 Å². The molecule has 0 radical (unpaired) electrons. The van der Waals surface area contributed by atoms with Gasteiger partial charge in [0.25, 0.3) is 0 Å². The summed E-state index contributed by atoms with van der Waals surface area (Å²) in [4.78, 5) is 0. The maximum atomic E-state index is 12.3. The van der Waals surface area contributed by atoms with Crippen LogP contribution in [0.2, 0.25) is 0 Å². The van der Waals surface area contributed by atoms with Crippen molar-refractivity contribution in [3.8, 4) is 0 Å². The molecule has 1 heterocycles. The van der Waals surface area contributed by atoms with Gasteiger partial charge in [-0.3, -0.25) is 0 Å². The zero-order valence-electron chi connectivity index (χ0n) is 12.5. The van der Waals surface area contributed by atoms with Gasteiger partial charge in [-0.15, -0.1) is 11.3 Å². The number of rotatable bonds is 7. The third-order valence-electron chi connectivity index (χ3n) is 4.43. The van der Waals surface area contributed by atoms with Crippen LogP contribution >= 0.6 is 11.3 Å². The minimum Gasteiger partial charge on any atom is -0.310 e. The molecule has 2 aliphatic rings. The maximum Gasteiger partial charge on any atom is 0.250 e. The van der Waals surface area contributed by atoms with Gasteiger partial charge in [0.2, 0.25) is 10.0 Å². The molecule has 0 saturated heterocycles. The van der Waals surface area contributed by atoms with E-state index in [1.807, 2.05) is 5.38 Å². The summed E-state index contributed by atoms with van der Waals surface area (Å²) in [7, 11) is -3.33. The van der Waals surface area contributed by atoms with E-state index in [1.165, 1.54) is 30.6 Å². The van der Waals surface area contributed by atoms with Gasteiger partial charge >= 0.3 is 0 Å². The van der Waals surface area contributed by atoms with Crippen molar-refractivity contribution in [1.29, 1.82) is 0 Å². The lowest BCUT2D eigenvalue weighted by atomic mass is 10.1. The molecular weight excluding hydrogens is 304 g/mol. The molecule has 2 aliphatic carbocycles. The number of hydrogen-bond acceptors (Lipinski definition) is 4. The van der Waals surface area contributed by atoms with Gasteiger partial charge in [0.05, 0.1) is 0 Å². The van der Waals surface area contributed by atoms with E-state index in [-0.39, 0.29) is 0 Å². The van der Waals surface area contributed by atoms with Gasteiger partial charge in [-0.25, -0.2) is 13.1 Å². The first kappa shape index (κ1) is 15.5. The van der Waals surface area contributed by atoms with Crippen molar-refractivity contribution in [2.24, 2.45) is 11.8 Å². The van der Waals surface area contributed by atoms with E-state index in [9.17, 15) is 8.42 Å². The fourth-order valence-electron chi connectivity index (χ4n) is 2.95. The van der Waals surface area contributed by atoms with Crippen LogP contribution in [0.4, 0.5) is 0 Å². The molecular formula is C15H24N2O2S2. The van der Waals surface area contributed by atoms with Crippen LogP contribution in [0.1, 0.15) is 44.6 Å². The van der Waals surface area contributed by atoms with E-state index in [4.69, 9.17) is 0 Å². The fraction of sp³-hybridized carbons (Fsp3) is 0.733. The van der Waals surface area contributed by atoms with Gasteiger partial charge < -0.3 is 5.32 Å². The van der Waals surface area contributed by atoms with Crippen LogP contribution in [-0.2, 0) is 16.6 Å². The Bertz CT molecular complexity index is 578. The summed E-state index contributed by atoms with van der Waals surface area (Å²) in [5, 5.41) is 5.36. The highest BCUT2D eigenvalue weighted by Crippen LogP contribution is 2.30. The minimum absolute atomic E-state index is 0.446. The largest absolute Gasteiger partial charge is 0.310 e. The standard InChI is InChI=1S/C15H24N2O2S2/c1-11-2-3-12(6-11)9-17-21(18,19)15-7-13(10-20-15)8-16-14-4-5-14/h7,10-12,14,16-17H,2-6,8-9H2,1H3. The van der Waals surface area contributed by atoms with E-state index in [1.54, 1.807) is 6.07 Å². The fourth-order valence-corrected chi connectivity index (χ4v) is 5.32. The average molecular weight is 329 g/mol. The Kier molecular flexibility index (Phi) is 4.69. The second-order valence-electron chi connectivity index (χ2n) is 6.57. The van der Waals surface area contributed by atoms with Crippen molar-refractivity contribution in [2.45, 2.75) is 55.8 Å². The molecule has 4 nitrogen and oxygen atoms in total. The molecule has 3 rings (SSSR count). The number of sulfonamides is 1. The summed E-state index contributed by atoms with van der Waals surface area (Å²) >= 11 is 1.32. The normalized spacial score (nSPS) is 26.3. The van der Waals surface area contributed by atoms with Crippen LogP contribution in [0, 0.1) is 11.8 Å². The average Bonchev–Trinajstić information content (AvgIpc) is 2.97. The van der Waals surface area contributed by atoms with E-state index in [0.29, 0.717) is 22.7 Å². The molecule has 21 heavy (non-hydrogen) atoms. The smallest absolute Gasteiger partial charge is 0.250 e. The highest BCUT2D eigenvalue weighted by Gasteiger charge is 2.25. The van der Waals surface area contributed by atoms with Gasteiger partial charge in [-0.2, -0.15) is 0 Å². The molecule has 0 aromatic carbocycles. The van der Waals surface area contributed by atoms with Crippen LogP contribution in [-0.4, -0.2) is 21.0 Å². The van der Waals surface area contributed by atoms with Crippen molar-refractivity contribution in [3.63, 3.8) is 0 Å². The Morgan fingerprint density at radius 2 is 2.10 bits per heavy atom. The molecule has 2 N–H and O–H groups in total. The highest BCUT2D eigenvalue weighted by molar-refractivity contribution is 7.91. The zero-order valence-corrected chi connectivity index (χ0v) is 14.1. The van der Waals surface area contributed by atoms with E-state index in [2.05, 4.69) is 17.0 Å². The Labute approximate surface area is 131 Å². The molecule has 2 unspecified atom stereocenters. The Hall–Kier alpha value is -0.430. The summed E-state index contributed by atoms with van der Waals surface area (Å²) in [6, 6.07) is 2.45. The lowest BCUT2D eigenvalue weighted by Crippen LogP contribution is -2.28. The topological polar surface area (TPSA) is 58.2 Å². The third-order valence-corrected chi connectivity index (χ3v) is 7.34.